The summed E-state index contributed by atoms with van der Waals surface area (Å²) in [4.78, 5) is 12.8. The Kier molecular flexibility index (Phi) is 5.13. The van der Waals surface area contributed by atoms with E-state index in [0.717, 1.165) is 12.8 Å². The van der Waals surface area contributed by atoms with Crippen molar-refractivity contribution < 1.29 is 14.9 Å². The molecule has 3 heteroatoms. The van der Waals surface area contributed by atoms with Gasteiger partial charge in [0.15, 0.2) is 0 Å². The third-order valence-electron chi connectivity index (χ3n) is 11.1. The summed E-state index contributed by atoms with van der Waals surface area (Å²) >= 11 is 0. The minimum Gasteiger partial charge on any atom is -0.393 e. The highest BCUT2D eigenvalue weighted by Crippen LogP contribution is 2.72. The number of hydrogen-bond donors (Lipinski definition) is 1. The van der Waals surface area contributed by atoms with E-state index in [0.29, 0.717) is 41.9 Å². The van der Waals surface area contributed by atoms with Gasteiger partial charge in [0, 0.05) is 23.7 Å². The molecule has 0 aromatic rings. The monoisotopic (exact) mass is 428 g/mol. The van der Waals surface area contributed by atoms with Gasteiger partial charge in [0.05, 0.1) is 6.10 Å². The SMILES string of the molecule is CC(C)[C@@H](C)/C=C\[C@@H](C)[C@H]1CC[C@@H]2[C@]1(C)CC[C@H]1[C@@]23C=C[C@]2(C[C@@H](O)CC[C@]12C)OO3. The maximum Gasteiger partial charge on any atom is 0.130 e. The zero-order valence-corrected chi connectivity index (χ0v) is 20.6. The minimum atomic E-state index is -0.439. The molecule has 2 spiro atoms. The fourth-order valence-electron chi connectivity index (χ4n) is 8.71. The molecule has 0 aromatic heterocycles. The number of aliphatic hydroxyl groups excluding tert-OH is 1. The Morgan fingerprint density at radius 3 is 2.35 bits per heavy atom. The molecule has 6 aliphatic rings. The molecule has 2 heterocycles. The molecule has 0 aromatic carbocycles. The number of rotatable bonds is 4. The van der Waals surface area contributed by atoms with Gasteiger partial charge >= 0.3 is 0 Å². The molecule has 4 fully saturated rings. The first-order chi connectivity index (χ1) is 14.6. The van der Waals surface area contributed by atoms with Crippen LogP contribution in [0.5, 0.6) is 0 Å². The van der Waals surface area contributed by atoms with Crippen molar-refractivity contribution >= 4 is 0 Å². The lowest BCUT2D eigenvalue weighted by molar-refractivity contribution is -0.497. The molecule has 2 bridgehead atoms. The van der Waals surface area contributed by atoms with Crippen LogP contribution in [-0.2, 0) is 9.78 Å². The lowest BCUT2D eigenvalue weighted by Crippen LogP contribution is -2.73. The number of fused-ring (bicyclic) bond motifs is 2. The molecule has 0 radical (unpaired) electrons. The van der Waals surface area contributed by atoms with Gasteiger partial charge in [-0.3, -0.25) is 0 Å². The fraction of sp³-hybridized carbons (Fsp3) is 0.857. The zero-order chi connectivity index (χ0) is 22.2. The van der Waals surface area contributed by atoms with Crippen molar-refractivity contribution in [2.45, 2.75) is 104 Å². The largest absolute Gasteiger partial charge is 0.393 e. The van der Waals surface area contributed by atoms with Crippen molar-refractivity contribution in [2.24, 2.45) is 46.3 Å². The van der Waals surface area contributed by atoms with E-state index in [1.165, 1.54) is 25.7 Å². The van der Waals surface area contributed by atoms with Gasteiger partial charge in [-0.1, -0.05) is 59.8 Å². The van der Waals surface area contributed by atoms with Crippen LogP contribution in [0.2, 0.25) is 0 Å². The van der Waals surface area contributed by atoms with Crippen LogP contribution in [0.1, 0.15) is 86.5 Å². The van der Waals surface area contributed by atoms with E-state index >= 15 is 0 Å². The van der Waals surface area contributed by atoms with Crippen molar-refractivity contribution in [3.05, 3.63) is 24.3 Å². The van der Waals surface area contributed by atoms with E-state index < -0.39 is 5.60 Å². The molecular formula is C28H44O3. The maximum atomic E-state index is 10.4. The summed E-state index contributed by atoms with van der Waals surface area (Å²) in [5.74, 6) is 3.64. The standard InChI is InChI=1S/C28H44O3/c1-18(2)19(3)7-8-20(4)22-9-10-23-25(22,5)13-12-24-26(6)14-11-21(29)17-27(26)15-16-28(23,24)31-30-27/h7-8,15-16,18-24,29H,9-14,17H2,1-6H3/b8-7-/t19-,20+,21-,22+,23+,24+,25+,26+,27+,28+/m0/s1. The Labute approximate surface area is 189 Å². The van der Waals surface area contributed by atoms with Gasteiger partial charge in [0.25, 0.3) is 0 Å². The molecule has 3 nitrogen and oxygen atoms in total. The third-order valence-corrected chi connectivity index (χ3v) is 11.1. The van der Waals surface area contributed by atoms with Crippen molar-refractivity contribution in [3.8, 4) is 0 Å². The Morgan fingerprint density at radius 2 is 1.68 bits per heavy atom. The molecular weight excluding hydrogens is 384 g/mol. The second-order valence-corrected chi connectivity index (χ2v) is 12.7. The molecule has 0 unspecified atom stereocenters. The highest BCUT2D eigenvalue weighted by atomic mass is 17.2. The molecule has 174 valence electrons. The van der Waals surface area contributed by atoms with Gasteiger partial charge in [-0.15, -0.1) is 0 Å². The van der Waals surface area contributed by atoms with Crippen molar-refractivity contribution in [3.63, 3.8) is 0 Å². The van der Waals surface area contributed by atoms with E-state index in [2.05, 4.69) is 65.8 Å². The topological polar surface area (TPSA) is 38.7 Å². The van der Waals surface area contributed by atoms with Crippen molar-refractivity contribution in [1.29, 1.82) is 0 Å². The molecule has 3 saturated carbocycles. The maximum absolute atomic E-state index is 10.4. The third kappa shape index (κ3) is 2.88. The van der Waals surface area contributed by atoms with Crippen LogP contribution in [0.4, 0.5) is 0 Å². The quantitative estimate of drug-likeness (QED) is 0.412. The van der Waals surface area contributed by atoms with Gasteiger partial charge in [0.1, 0.15) is 11.2 Å². The molecule has 10 atom stereocenters. The number of hydrogen-bond acceptors (Lipinski definition) is 3. The molecule has 4 aliphatic carbocycles. The molecule has 31 heavy (non-hydrogen) atoms. The molecule has 2 aliphatic heterocycles. The smallest absolute Gasteiger partial charge is 0.130 e. The Morgan fingerprint density at radius 1 is 0.903 bits per heavy atom. The summed E-state index contributed by atoms with van der Waals surface area (Å²) in [5.41, 5.74) is -0.366. The molecule has 6 rings (SSSR count). The van der Waals surface area contributed by atoms with E-state index in [1.54, 1.807) is 0 Å². The predicted molar refractivity (Wildman–Crippen MR) is 124 cm³/mol. The number of aliphatic hydroxyl groups is 1. The average molecular weight is 429 g/mol. The van der Waals surface area contributed by atoms with Crippen LogP contribution in [0.15, 0.2) is 24.3 Å². The van der Waals surface area contributed by atoms with Gasteiger partial charge < -0.3 is 5.11 Å². The van der Waals surface area contributed by atoms with Crippen LogP contribution in [0, 0.1) is 46.3 Å². The highest BCUT2D eigenvalue weighted by molar-refractivity contribution is 5.33. The number of allylic oxidation sites excluding steroid dienone is 2. The van der Waals surface area contributed by atoms with Crippen molar-refractivity contribution in [1.82, 2.24) is 0 Å². The Hall–Kier alpha value is -0.640. The van der Waals surface area contributed by atoms with E-state index in [4.69, 9.17) is 9.78 Å². The summed E-state index contributed by atoms with van der Waals surface area (Å²) < 4.78 is 0. The minimum absolute atomic E-state index is 0.0663. The Bertz CT molecular complexity index is 772. The lowest BCUT2D eigenvalue weighted by Gasteiger charge is -2.69. The van der Waals surface area contributed by atoms with Crippen LogP contribution < -0.4 is 0 Å². The predicted octanol–water partition coefficient (Wildman–Crippen LogP) is 6.47. The average Bonchev–Trinajstić information content (AvgIpc) is 3.09. The summed E-state index contributed by atoms with van der Waals surface area (Å²) in [5, 5.41) is 10.4. The first kappa shape index (κ1) is 22.2. The first-order valence-corrected chi connectivity index (χ1v) is 13.0. The lowest BCUT2D eigenvalue weighted by atomic mass is 9.43. The van der Waals surface area contributed by atoms with Gasteiger partial charge in [-0.25, -0.2) is 9.78 Å². The van der Waals surface area contributed by atoms with Crippen LogP contribution >= 0.6 is 0 Å². The highest BCUT2D eigenvalue weighted by Gasteiger charge is 2.74. The fourth-order valence-corrected chi connectivity index (χ4v) is 8.71. The van der Waals surface area contributed by atoms with Gasteiger partial charge in [0.2, 0.25) is 0 Å². The summed E-state index contributed by atoms with van der Waals surface area (Å²) in [7, 11) is 0. The molecule has 1 saturated heterocycles. The van der Waals surface area contributed by atoms with Crippen molar-refractivity contribution in [2.75, 3.05) is 0 Å². The summed E-state index contributed by atoms with van der Waals surface area (Å²) in [6.45, 7) is 14.4. The molecule has 0 amide bonds. The summed E-state index contributed by atoms with van der Waals surface area (Å²) in [6.07, 6.45) is 17.0. The van der Waals surface area contributed by atoms with Crippen LogP contribution in [0.3, 0.4) is 0 Å². The Balaban J connectivity index is 1.45. The van der Waals surface area contributed by atoms with E-state index in [1.807, 2.05) is 0 Å². The normalized spacial score (nSPS) is 52.8. The van der Waals surface area contributed by atoms with Gasteiger partial charge in [-0.05, 0) is 73.7 Å². The van der Waals surface area contributed by atoms with Crippen LogP contribution in [-0.4, -0.2) is 22.4 Å². The second kappa shape index (κ2) is 7.18. The van der Waals surface area contributed by atoms with Gasteiger partial charge in [-0.2, -0.15) is 0 Å². The van der Waals surface area contributed by atoms with E-state index in [9.17, 15) is 5.11 Å². The first-order valence-electron chi connectivity index (χ1n) is 13.0. The summed E-state index contributed by atoms with van der Waals surface area (Å²) in [6, 6.07) is 0. The molecule has 1 N–H and O–H groups in total. The van der Waals surface area contributed by atoms with E-state index in [-0.39, 0.29) is 22.5 Å². The zero-order valence-electron chi connectivity index (χ0n) is 20.6. The van der Waals surface area contributed by atoms with Crippen LogP contribution in [0.25, 0.3) is 0 Å². The second-order valence-electron chi connectivity index (χ2n) is 12.7.